The van der Waals surface area contributed by atoms with Gasteiger partial charge >= 0.3 is 5.69 Å². The van der Waals surface area contributed by atoms with Gasteiger partial charge in [0.2, 0.25) is 5.69 Å². The van der Waals surface area contributed by atoms with Crippen LogP contribution in [-0.4, -0.2) is 51.7 Å². The summed E-state index contributed by atoms with van der Waals surface area (Å²) in [6.07, 6.45) is 0. The summed E-state index contributed by atoms with van der Waals surface area (Å²) in [5, 5.41) is 16.0. The zero-order valence-electron chi connectivity index (χ0n) is 14.9. The van der Waals surface area contributed by atoms with Gasteiger partial charge in [0, 0.05) is 43.9 Å². The predicted octanol–water partition coefficient (Wildman–Crippen LogP) is 2.56. The van der Waals surface area contributed by atoms with Gasteiger partial charge in [-0.3, -0.25) is 19.6 Å². The third kappa shape index (κ3) is 3.24. The molecule has 3 rings (SSSR count). The first-order chi connectivity index (χ1) is 12.3. The standard InChI is InChI=1S/C17H20ClN5O3/c1-11-4-5-13(10-14(11)18)21-6-8-22(9-7-21)17(24)16-15(23(25)26)12(2)19-20(16)3/h4-5,10H,6-9H2,1-3H3. The van der Waals surface area contributed by atoms with E-state index < -0.39 is 4.92 Å². The Hall–Kier alpha value is -2.61. The molecule has 1 aromatic carbocycles. The minimum Gasteiger partial charge on any atom is -0.368 e. The van der Waals surface area contributed by atoms with Crippen molar-refractivity contribution in [2.45, 2.75) is 13.8 Å². The maximum atomic E-state index is 12.8. The number of amides is 1. The predicted molar refractivity (Wildman–Crippen MR) is 98.9 cm³/mol. The molecule has 0 atom stereocenters. The molecule has 0 bridgehead atoms. The Morgan fingerprint density at radius 3 is 2.46 bits per heavy atom. The summed E-state index contributed by atoms with van der Waals surface area (Å²) in [4.78, 5) is 27.4. The minimum atomic E-state index is -0.542. The molecule has 2 aromatic rings. The lowest BCUT2D eigenvalue weighted by atomic mass is 10.2. The van der Waals surface area contributed by atoms with Crippen LogP contribution >= 0.6 is 11.6 Å². The summed E-state index contributed by atoms with van der Waals surface area (Å²) < 4.78 is 1.29. The molecule has 26 heavy (non-hydrogen) atoms. The van der Waals surface area contributed by atoms with Crippen LogP contribution in [-0.2, 0) is 7.05 Å². The molecule has 0 aliphatic carbocycles. The van der Waals surface area contributed by atoms with Gasteiger partial charge in [-0.2, -0.15) is 5.10 Å². The van der Waals surface area contributed by atoms with Crippen LogP contribution in [0.25, 0.3) is 0 Å². The van der Waals surface area contributed by atoms with Gasteiger partial charge in [-0.05, 0) is 31.5 Å². The molecule has 1 aliphatic heterocycles. The number of carbonyl (C=O) groups is 1. The lowest BCUT2D eigenvalue weighted by Gasteiger charge is -2.36. The van der Waals surface area contributed by atoms with Crippen LogP contribution in [0.15, 0.2) is 18.2 Å². The van der Waals surface area contributed by atoms with Gasteiger partial charge in [0.15, 0.2) is 0 Å². The van der Waals surface area contributed by atoms with Gasteiger partial charge < -0.3 is 9.80 Å². The number of piperazine rings is 1. The van der Waals surface area contributed by atoms with Crippen molar-refractivity contribution in [3.8, 4) is 0 Å². The van der Waals surface area contributed by atoms with Crippen LogP contribution in [0.4, 0.5) is 11.4 Å². The van der Waals surface area contributed by atoms with E-state index in [1.165, 1.54) is 11.6 Å². The highest BCUT2D eigenvalue weighted by Crippen LogP contribution is 2.26. The maximum Gasteiger partial charge on any atom is 0.322 e. The number of aromatic nitrogens is 2. The second kappa shape index (κ2) is 6.95. The van der Waals surface area contributed by atoms with Crippen molar-refractivity contribution in [2.75, 3.05) is 31.1 Å². The van der Waals surface area contributed by atoms with Crippen molar-refractivity contribution in [3.05, 3.63) is 50.3 Å². The van der Waals surface area contributed by atoms with E-state index in [9.17, 15) is 14.9 Å². The number of benzene rings is 1. The Morgan fingerprint density at radius 1 is 1.23 bits per heavy atom. The fourth-order valence-corrected chi connectivity index (χ4v) is 3.38. The first-order valence-corrected chi connectivity index (χ1v) is 8.65. The van der Waals surface area contributed by atoms with E-state index in [-0.39, 0.29) is 23.0 Å². The van der Waals surface area contributed by atoms with E-state index in [0.717, 1.165) is 11.3 Å². The van der Waals surface area contributed by atoms with Crippen LogP contribution < -0.4 is 4.90 Å². The van der Waals surface area contributed by atoms with Crippen LogP contribution in [0.2, 0.25) is 5.02 Å². The van der Waals surface area contributed by atoms with E-state index in [0.29, 0.717) is 31.2 Å². The Balaban J connectivity index is 1.75. The van der Waals surface area contributed by atoms with Gasteiger partial charge in [0.1, 0.15) is 5.69 Å². The lowest BCUT2D eigenvalue weighted by molar-refractivity contribution is -0.385. The molecule has 1 aromatic heterocycles. The normalized spacial score (nSPS) is 14.6. The highest BCUT2D eigenvalue weighted by molar-refractivity contribution is 6.31. The summed E-state index contributed by atoms with van der Waals surface area (Å²) in [5.74, 6) is -0.360. The highest BCUT2D eigenvalue weighted by Gasteiger charge is 2.33. The number of nitro groups is 1. The number of hydrogen-bond acceptors (Lipinski definition) is 5. The molecular formula is C17H20ClN5O3. The molecule has 138 valence electrons. The van der Waals surface area contributed by atoms with Crippen molar-refractivity contribution in [3.63, 3.8) is 0 Å². The van der Waals surface area contributed by atoms with E-state index in [4.69, 9.17) is 11.6 Å². The fraction of sp³-hybridized carbons (Fsp3) is 0.412. The second-order valence-electron chi connectivity index (χ2n) is 6.38. The summed E-state index contributed by atoms with van der Waals surface area (Å²) >= 11 is 6.19. The molecule has 1 aliphatic rings. The molecule has 1 saturated heterocycles. The molecule has 1 amide bonds. The zero-order valence-corrected chi connectivity index (χ0v) is 15.7. The smallest absolute Gasteiger partial charge is 0.322 e. The summed E-state index contributed by atoms with van der Waals surface area (Å²) in [5.41, 5.74) is 2.08. The molecule has 0 unspecified atom stereocenters. The summed E-state index contributed by atoms with van der Waals surface area (Å²) in [7, 11) is 1.55. The molecule has 0 N–H and O–H groups in total. The third-order valence-electron chi connectivity index (χ3n) is 4.66. The number of anilines is 1. The van der Waals surface area contributed by atoms with E-state index in [1.54, 1.807) is 11.9 Å². The minimum absolute atomic E-state index is 0.0272. The SMILES string of the molecule is Cc1ccc(N2CCN(C(=O)c3c([N+](=O)[O-])c(C)nn3C)CC2)cc1Cl. The number of nitrogens with zero attached hydrogens (tertiary/aromatic N) is 5. The first-order valence-electron chi connectivity index (χ1n) is 8.28. The van der Waals surface area contributed by atoms with Crippen molar-refractivity contribution >= 4 is 28.9 Å². The quantitative estimate of drug-likeness (QED) is 0.606. The number of hydrogen-bond donors (Lipinski definition) is 0. The molecule has 9 heteroatoms. The van der Waals surface area contributed by atoms with E-state index >= 15 is 0 Å². The molecule has 1 fully saturated rings. The fourth-order valence-electron chi connectivity index (χ4n) is 3.20. The van der Waals surface area contributed by atoms with Crippen LogP contribution in [0.3, 0.4) is 0 Å². The van der Waals surface area contributed by atoms with Gasteiger partial charge in [-0.25, -0.2) is 0 Å². The van der Waals surface area contributed by atoms with Gasteiger partial charge in [-0.15, -0.1) is 0 Å². The van der Waals surface area contributed by atoms with Crippen molar-refractivity contribution in [1.29, 1.82) is 0 Å². The van der Waals surface area contributed by atoms with Crippen LogP contribution in [0, 0.1) is 24.0 Å². The molecule has 0 spiro atoms. The molecular weight excluding hydrogens is 358 g/mol. The highest BCUT2D eigenvalue weighted by atomic mass is 35.5. The van der Waals surface area contributed by atoms with E-state index in [2.05, 4.69) is 10.00 Å². The lowest BCUT2D eigenvalue weighted by Crippen LogP contribution is -2.49. The Bertz CT molecular complexity index is 872. The van der Waals surface area contributed by atoms with Gasteiger partial charge in [0.05, 0.1) is 4.92 Å². The van der Waals surface area contributed by atoms with Crippen LogP contribution in [0.5, 0.6) is 0 Å². The Labute approximate surface area is 156 Å². The number of rotatable bonds is 3. The molecule has 0 saturated carbocycles. The largest absolute Gasteiger partial charge is 0.368 e. The number of carbonyl (C=O) groups excluding carboxylic acids is 1. The van der Waals surface area contributed by atoms with Gasteiger partial charge in [0.25, 0.3) is 5.91 Å². The zero-order chi connectivity index (χ0) is 19.0. The first kappa shape index (κ1) is 18.2. The molecule has 8 nitrogen and oxygen atoms in total. The maximum absolute atomic E-state index is 12.8. The number of aryl methyl sites for hydroxylation is 3. The topological polar surface area (TPSA) is 84.5 Å². The van der Waals surface area contributed by atoms with Gasteiger partial charge in [-0.1, -0.05) is 17.7 Å². The monoisotopic (exact) mass is 377 g/mol. The van der Waals surface area contributed by atoms with Crippen LogP contribution in [0.1, 0.15) is 21.7 Å². The Kier molecular flexibility index (Phi) is 4.86. The molecule has 0 radical (unpaired) electrons. The molecule has 2 heterocycles. The average Bonchev–Trinajstić information content (AvgIpc) is 2.91. The third-order valence-corrected chi connectivity index (χ3v) is 5.07. The number of halogens is 1. The van der Waals surface area contributed by atoms with Crippen molar-refractivity contribution in [2.24, 2.45) is 7.05 Å². The van der Waals surface area contributed by atoms with E-state index in [1.807, 2.05) is 25.1 Å². The van der Waals surface area contributed by atoms with Crippen molar-refractivity contribution in [1.82, 2.24) is 14.7 Å². The second-order valence-corrected chi connectivity index (χ2v) is 6.78. The summed E-state index contributed by atoms with van der Waals surface area (Å²) in [6.45, 7) is 5.71. The summed E-state index contributed by atoms with van der Waals surface area (Å²) in [6, 6.07) is 5.90. The Morgan fingerprint density at radius 2 is 1.88 bits per heavy atom. The average molecular weight is 378 g/mol. The van der Waals surface area contributed by atoms with Crippen molar-refractivity contribution < 1.29 is 9.72 Å².